The van der Waals surface area contributed by atoms with Gasteiger partial charge in [-0.25, -0.2) is 8.42 Å². The molecule has 0 amide bonds. The summed E-state index contributed by atoms with van der Waals surface area (Å²) in [6.45, 7) is 0.330. The van der Waals surface area contributed by atoms with Crippen LogP contribution in [-0.2, 0) is 16.6 Å². The van der Waals surface area contributed by atoms with Crippen molar-refractivity contribution >= 4 is 10.0 Å². The maximum absolute atomic E-state index is 13.0. The van der Waals surface area contributed by atoms with Crippen LogP contribution in [0.3, 0.4) is 0 Å². The Hall–Kier alpha value is -2.36. The van der Waals surface area contributed by atoms with Gasteiger partial charge in [0, 0.05) is 12.6 Å². The highest BCUT2D eigenvalue weighted by molar-refractivity contribution is 7.89. The topological polar surface area (TPSA) is 70.4 Å². The fourth-order valence-corrected chi connectivity index (χ4v) is 4.19. The third-order valence-corrected chi connectivity index (χ3v) is 5.95. The van der Waals surface area contributed by atoms with Gasteiger partial charge in [-0.05, 0) is 54.8 Å². The van der Waals surface area contributed by atoms with Crippen molar-refractivity contribution < 1.29 is 13.2 Å². The summed E-state index contributed by atoms with van der Waals surface area (Å²) in [6, 6.07) is 15.5. The van der Waals surface area contributed by atoms with Crippen LogP contribution < -0.4 is 4.74 Å². The summed E-state index contributed by atoms with van der Waals surface area (Å²) in [5, 5.41) is 8.86. The van der Waals surface area contributed by atoms with E-state index in [9.17, 15) is 8.42 Å². The molecule has 0 aromatic heterocycles. The van der Waals surface area contributed by atoms with Crippen molar-refractivity contribution in [1.82, 2.24) is 4.31 Å². The number of rotatable bonds is 6. The van der Waals surface area contributed by atoms with Gasteiger partial charge < -0.3 is 4.74 Å². The average molecular weight is 342 g/mol. The Labute approximate surface area is 142 Å². The first-order chi connectivity index (χ1) is 11.5. The molecule has 0 bridgehead atoms. The molecule has 124 valence electrons. The van der Waals surface area contributed by atoms with E-state index in [1.165, 1.54) is 24.3 Å². The summed E-state index contributed by atoms with van der Waals surface area (Å²) >= 11 is 0. The molecule has 2 aromatic rings. The number of sulfonamides is 1. The van der Waals surface area contributed by atoms with Gasteiger partial charge >= 0.3 is 0 Å². The second kappa shape index (κ2) is 6.63. The summed E-state index contributed by atoms with van der Waals surface area (Å²) in [5.41, 5.74) is 1.36. The molecule has 1 fully saturated rings. The van der Waals surface area contributed by atoms with E-state index in [2.05, 4.69) is 0 Å². The molecule has 24 heavy (non-hydrogen) atoms. The van der Waals surface area contributed by atoms with E-state index in [4.69, 9.17) is 10.00 Å². The number of hydrogen-bond acceptors (Lipinski definition) is 4. The van der Waals surface area contributed by atoms with Crippen LogP contribution in [0.25, 0.3) is 0 Å². The van der Waals surface area contributed by atoms with Crippen LogP contribution in [-0.4, -0.2) is 25.9 Å². The van der Waals surface area contributed by atoms with Crippen molar-refractivity contribution in [3.05, 3.63) is 59.7 Å². The fourth-order valence-electron chi connectivity index (χ4n) is 2.52. The molecule has 1 aliphatic rings. The van der Waals surface area contributed by atoms with Gasteiger partial charge in [-0.1, -0.05) is 12.1 Å². The summed E-state index contributed by atoms with van der Waals surface area (Å²) in [7, 11) is -1.99. The van der Waals surface area contributed by atoms with Gasteiger partial charge in [0.05, 0.1) is 23.6 Å². The summed E-state index contributed by atoms with van der Waals surface area (Å²) in [6.07, 6.45) is 1.76. The lowest BCUT2D eigenvalue weighted by Gasteiger charge is -2.22. The summed E-state index contributed by atoms with van der Waals surface area (Å²) < 4.78 is 32.6. The standard InChI is InChI=1S/C18H18N2O3S/c1-23-17-8-2-15(3-9-17)13-20(16-6-7-16)24(21,22)18-10-4-14(12-19)5-11-18/h2-5,8-11,16H,6-7,13H2,1H3. The Morgan fingerprint density at radius 3 is 2.25 bits per heavy atom. The molecule has 1 aliphatic carbocycles. The predicted octanol–water partition coefficient (Wildman–Crippen LogP) is 2.92. The fraction of sp³-hybridized carbons (Fsp3) is 0.278. The molecule has 0 unspecified atom stereocenters. The first kappa shape index (κ1) is 16.5. The van der Waals surface area contributed by atoms with Gasteiger partial charge in [-0.3, -0.25) is 0 Å². The number of methoxy groups -OCH3 is 1. The van der Waals surface area contributed by atoms with Gasteiger partial charge in [0.1, 0.15) is 5.75 Å². The van der Waals surface area contributed by atoms with Crippen LogP contribution in [0.5, 0.6) is 5.75 Å². The Morgan fingerprint density at radius 2 is 1.75 bits per heavy atom. The molecule has 6 heteroatoms. The molecule has 1 saturated carbocycles. The van der Waals surface area contributed by atoms with Gasteiger partial charge in [-0.2, -0.15) is 9.57 Å². The van der Waals surface area contributed by atoms with Crippen LogP contribution >= 0.6 is 0 Å². The SMILES string of the molecule is COc1ccc(CN(C2CC2)S(=O)(=O)c2ccc(C#N)cc2)cc1. The zero-order chi connectivity index (χ0) is 17.2. The van der Waals surface area contributed by atoms with Crippen LogP contribution in [0.4, 0.5) is 0 Å². The maximum atomic E-state index is 13.0. The minimum absolute atomic E-state index is 0.0488. The molecule has 0 heterocycles. The van der Waals surface area contributed by atoms with E-state index < -0.39 is 10.0 Å². The number of ether oxygens (including phenoxy) is 1. The lowest BCUT2D eigenvalue weighted by Crippen LogP contribution is -2.32. The van der Waals surface area contributed by atoms with Crippen molar-refractivity contribution in [3.63, 3.8) is 0 Å². The summed E-state index contributed by atoms with van der Waals surface area (Å²) in [5.74, 6) is 0.742. The maximum Gasteiger partial charge on any atom is 0.243 e. The lowest BCUT2D eigenvalue weighted by atomic mass is 10.2. The van der Waals surface area contributed by atoms with Gasteiger partial charge in [0.2, 0.25) is 10.0 Å². The molecule has 0 atom stereocenters. The Bertz CT molecular complexity index is 849. The van der Waals surface area contributed by atoms with E-state index in [0.717, 1.165) is 24.2 Å². The molecule has 0 N–H and O–H groups in total. The smallest absolute Gasteiger partial charge is 0.243 e. The lowest BCUT2D eigenvalue weighted by molar-refractivity contribution is 0.397. The van der Waals surface area contributed by atoms with Crippen molar-refractivity contribution in [2.45, 2.75) is 30.3 Å². The van der Waals surface area contributed by atoms with Crippen LogP contribution in [0.2, 0.25) is 0 Å². The van der Waals surface area contributed by atoms with Crippen LogP contribution in [0.15, 0.2) is 53.4 Å². The Morgan fingerprint density at radius 1 is 1.12 bits per heavy atom. The number of nitriles is 1. The van der Waals surface area contributed by atoms with Crippen LogP contribution in [0, 0.1) is 11.3 Å². The second-order valence-corrected chi connectivity index (χ2v) is 7.66. The molecule has 0 saturated heterocycles. The molecule has 2 aromatic carbocycles. The van der Waals surface area contributed by atoms with Crippen molar-refractivity contribution in [3.8, 4) is 11.8 Å². The minimum atomic E-state index is -3.58. The number of hydrogen-bond donors (Lipinski definition) is 0. The average Bonchev–Trinajstić information content (AvgIpc) is 3.45. The van der Waals surface area contributed by atoms with Crippen molar-refractivity contribution in [2.24, 2.45) is 0 Å². The minimum Gasteiger partial charge on any atom is -0.497 e. The normalized spacial score (nSPS) is 14.4. The van der Waals surface area contributed by atoms with E-state index in [1.54, 1.807) is 11.4 Å². The summed E-state index contributed by atoms with van der Waals surface area (Å²) in [4.78, 5) is 0.224. The monoisotopic (exact) mass is 342 g/mol. The Balaban J connectivity index is 1.87. The zero-order valence-electron chi connectivity index (χ0n) is 13.3. The van der Waals surface area contributed by atoms with E-state index in [0.29, 0.717) is 12.1 Å². The number of benzene rings is 2. The first-order valence-electron chi connectivity index (χ1n) is 7.69. The third kappa shape index (κ3) is 3.42. The molecule has 0 aliphatic heterocycles. The van der Waals surface area contributed by atoms with Gasteiger partial charge in [0.25, 0.3) is 0 Å². The molecular weight excluding hydrogens is 324 g/mol. The molecular formula is C18H18N2O3S. The molecule has 0 radical (unpaired) electrons. The second-order valence-electron chi connectivity index (χ2n) is 5.77. The highest BCUT2D eigenvalue weighted by Gasteiger charge is 2.38. The van der Waals surface area contributed by atoms with E-state index in [1.807, 2.05) is 30.3 Å². The van der Waals surface area contributed by atoms with Crippen molar-refractivity contribution in [1.29, 1.82) is 5.26 Å². The molecule has 3 rings (SSSR count). The molecule has 5 nitrogen and oxygen atoms in total. The largest absolute Gasteiger partial charge is 0.497 e. The Kier molecular flexibility index (Phi) is 4.56. The third-order valence-electron chi connectivity index (χ3n) is 4.04. The van der Waals surface area contributed by atoms with Gasteiger partial charge in [0.15, 0.2) is 0 Å². The van der Waals surface area contributed by atoms with Crippen LogP contribution in [0.1, 0.15) is 24.0 Å². The van der Waals surface area contributed by atoms with Crippen molar-refractivity contribution in [2.75, 3.05) is 7.11 Å². The van der Waals surface area contributed by atoms with Gasteiger partial charge in [-0.15, -0.1) is 0 Å². The first-order valence-corrected chi connectivity index (χ1v) is 9.13. The highest BCUT2D eigenvalue weighted by atomic mass is 32.2. The highest BCUT2D eigenvalue weighted by Crippen LogP contribution is 2.33. The predicted molar refractivity (Wildman–Crippen MR) is 89.9 cm³/mol. The quantitative estimate of drug-likeness (QED) is 0.809. The van der Waals surface area contributed by atoms with E-state index >= 15 is 0 Å². The molecule has 0 spiro atoms. The zero-order valence-corrected chi connectivity index (χ0v) is 14.2. The number of nitrogens with zero attached hydrogens (tertiary/aromatic N) is 2. The van der Waals surface area contributed by atoms with E-state index in [-0.39, 0.29) is 10.9 Å².